The zero-order valence-corrected chi connectivity index (χ0v) is 16.2. The molecular formula is C22H26N4O. The van der Waals surface area contributed by atoms with Gasteiger partial charge < -0.3 is 14.2 Å². The second-order valence-corrected chi connectivity index (χ2v) is 6.69. The van der Waals surface area contributed by atoms with Gasteiger partial charge >= 0.3 is 0 Å². The maximum Gasteiger partial charge on any atom is 0.215 e. The van der Waals surface area contributed by atoms with Gasteiger partial charge in [0.05, 0.1) is 23.8 Å². The number of methoxy groups -OCH3 is 1. The highest BCUT2D eigenvalue weighted by molar-refractivity contribution is 5.81. The molecule has 27 heavy (non-hydrogen) atoms. The van der Waals surface area contributed by atoms with Crippen LogP contribution in [0.1, 0.15) is 13.8 Å². The molecule has 2 aromatic heterocycles. The van der Waals surface area contributed by atoms with E-state index in [4.69, 9.17) is 9.72 Å². The van der Waals surface area contributed by atoms with Gasteiger partial charge in [-0.05, 0) is 49.5 Å². The van der Waals surface area contributed by atoms with Crippen LogP contribution in [0.4, 0.5) is 0 Å². The minimum absolute atomic E-state index is 0.871. The number of para-hydroxylation sites is 2. The topological polar surface area (TPSA) is 34.7 Å². The van der Waals surface area contributed by atoms with Crippen molar-refractivity contribution in [1.82, 2.24) is 18.9 Å². The first-order valence-electron chi connectivity index (χ1n) is 9.58. The zero-order valence-electron chi connectivity index (χ0n) is 16.2. The van der Waals surface area contributed by atoms with Gasteiger partial charge in [0, 0.05) is 24.8 Å². The first-order chi connectivity index (χ1) is 13.2. The molecule has 0 radical (unpaired) electrons. The van der Waals surface area contributed by atoms with E-state index in [1.54, 1.807) is 7.11 Å². The lowest BCUT2D eigenvalue weighted by atomic mass is 10.1. The summed E-state index contributed by atoms with van der Waals surface area (Å²) >= 11 is 0. The number of rotatable bonds is 7. The molecule has 0 saturated carbocycles. The molecule has 0 aliphatic heterocycles. The molecule has 0 aliphatic carbocycles. The monoisotopic (exact) mass is 362 g/mol. The van der Waals surface area contributed by atoms with E-state index in [0.717, 1.165) is 48.7 Å². The Morgan fingerprint density at radius 2 is 1.74 bits per heavy atom. The van der Waals surface area contributed by atoms with Crippen molar-refractivity contribution < 1.29 is 4.74 Å². The highest BCUT2D eigenvalue weighted by Gasteiger charge is 2.16. The van der Waals surface area contributed by atoms with Crippen molar-refractivity contribution in [3.05, 3.63) is 54.7 Å². The largest absolute Gasteiger partial charge is 0.497 e. The molecule has 0 fully saturated rings. The van der Waals surface area contributed by atoms with Crippen molar-refractivity contribution in [2.45, 2.75) is 20.4 Å². The predicted octanol–water partition coefficient (Wildman–Crippen LogP) is 4.31. The van der Waals surface area contributed by atoms with Crippen LogP contribution in [0.15, 0.2) is 54.7 Å². The summed E-state index contributed by atoms with van der Waals surface area (Å²) < 4.78 is 9.85. The second kappa shape index (κ2) is 7.45. The van der Waals surface area contributed by atoms with E-state index in [9.17, 15) is 0 Å². The van der Waals surface area contributed by atoms with Crippen LogP contribution < -0.4 is 4.74 Å². The quantitative estimate of drug-likeness (QED) is 0.491. The van der Waals surface area contributed by atoms with Crippen LogP contribution in [0.3, 0.4) is 0 Å². The van der Waals surface area contributed by atoms with E-state index in [0.29, 0.717) is 0 Å². The van der Waals surface area contributed by atoms with Crippen LogP contribution in [-0.2, 0) is 6.54 Å². The van der Waals surface area contributed by atoms with Crippen LogP contribution in [0.2, 0.25) is 0 Å². The third kappa shape index (κ3) is 3.19. The number of nitrogens with zero attached hydrogens (tertiary/aromatic N) is 4. The van der Waals surface area contributed by atoms with Gasteiger partial charge in [-0.1, -0.05) is 26.0 Å². The van der Waals surface area contributed by atoms with Crippen LogP contribution >= 0.6 is 0 Å². The fourth-order valence-electron chi connectivity index (χ4n) is 3.64. The zero-order chi connectivity index (χ0) is 18.8. The van der Waals surface area contributed by atoms with Crippen LogP contribution in [0, 0.1) is 0 Å². The molecule has 0 atom stereocenters. The van der Waals surface area contributed by atoms with Crippen molar-refractivity contribution in [3.63, 3.8) is 0 Å². The van der Waals surface area contributed by atoms with Crippen LogP contribution in [0.25, 0.3) is 28.1 Å². The van der Waals surface area contributed by atoms with Crippen LogP contribution in [0.5, 0.6) is 5.75 Å². The number of likely N-dealkylation sites (N-methyl/N-ethyl adjacent to an activating group) is 1. The van der Waals surface area contributed by atoms with Gasteiger partial charge in [-0.2, -0.15) is 0 Å². The number of fused-ring (bicyclic) bond motifs is 3. The van der Waals surface area contributed by atoms with E-state index in [2.05, 4.69) is 64.2 Å². The van der Waals surface area contributed by atoms with E-state index in [1.807, 2.05) is 18.2 Å². The standard InChI is InChI=1S/C22H26N4O/c1-4-24(5-2)14-15-25-21(17-10-12-18(27-3)13-11-17)16-26-20-9-7-6-8-19(20)23-22(25)26/h6-13,16H,4-5,14-15H2,1-3H3. The summed E-state index contributed by atoms with van der Waals surface area (Å²) in [7, 11) is 1.70. The van der Waals surface area contributed by atoms with Gasteiger partial charge in [-0.15, -0.1) is 0 Å². The van der Waals surface area contributed by atoms with Crippen molar-refractivity contribution in [2.75, 3.05) is 26.7 Å². The summed E-state index contributed by atoms with van der Waals surface area (Å²) in [6.45, 7) is 8.45. The molecule has 4 aromatic rings. The molecule has 0 unspecified atom stereocenters. The fraction of sp³-hybridized carbons (Fsp3) is 0.318. The smallest absolute Gasteiger partial charge is 0.215 e. The SMILES string of the molecule is CCN(CC)CCn1c(-c2ccc(OC)cc2)cn2c3ccccc3nc12. The average molecular weight is 362 g/mol. The molecule has 5 nitrogen and oxygen atoms in total. The molecule has 4 rings (SSSR count). The molecule has 0 bridgehead atoms. The molecule has 0 amide bonds. The van der Waals surface area contributed by atoms with Gasteiger partial charge in [0.15, 0.2) is 0 Å². The third-order valence-electron chi connectivity index (χ3n) is 5.28. The molecule has 0 saturated heterocycles. The lowest BCUT2D eigenvalue weighted by Crippen LogP contribution is -2.27. The van der Waals surface area contributed by atoms with Crippen molar-refractivity contribution in [3.8, 4) is 17.0 Å². The lowest BCUT2D eigenvalue weighted by Gasteiger charge is -2.19. The Hall–Kier alpha value is -2.79. The highest BCUT2D eigenvalue weighted by atomic mass is 16.5. The third-order valence-corrected chi connectivity index (χ3v) is 5.28. The first kappa shape index (κ1) is 17.6. The van der Waals surface area contributed by atoms with Gasteiger partial charge in [-0.3, -0.25) is 4.40 Å². The summed E-state index contributed by atoms with van der Waals surface area (Å²) in [5.41, 5.74) is 4.53. The normalized spacial score (nSPS) is 11.7. The van der Waals surface area contributed by atoms with Crippen LogP contribution in [-0.4, -0.2) is 45.6 Å². The van der Waals surface area contributed by atoms with E-state index in [1.165, 1.54) is 11.3 Å². The van der Waals surface area contributed by atoms with Gasteiger partial charge in [0.25, 0.3) is 0 Å². The molecule has 0 aliphatic rings. The Morgan fingerprint density at radius 1 is 1.00 bits per heavy atom. The van der Waals surface area contributed by atoms with Gasteiger partial charge in [0.1, 0.15) is 5.75 Å². The minimum Gasteiger partial charge on any atom is -0.497 e. The highest BCUT2D eigenvalue weighted by Crippen LogP contribution is 2.28. The molecule has 140 valence electrons. The number of imidazole rings is 2. The molecule has 0 spiro atoms. The summed E-state index contributed by atoms with van der Waals surface area (Å²) in [5.74, 6) is 1.87. The molecule has 5 heteroatoms. The molecule has 2 heterocycles. The lowest BCUT2D eigenvalue weighted by molar-refractivity contribution is 0.292. The van der Waals surface area contributed by atoms with Gasteiger partial charge in [0.2, 0.25) is 5.78 Å². The second-order valence-electron chi connectivity index (χ2n) is 6.69. The Morgan fingerprint density at radius 3 is 2.44 bits per heavy atom. The summed E-state index contributed by atoms with van der Waals surface area (Å²) in [4.78, 5) is 7.35. The molecule has 2 aromatic carbocycles. The summed E-state index contributed by atoms with van der Waals surface area (Å²) in [6.07, 6.45) is 2.20. The maximum atomic E-state index is 5.31. The maximum absolute atomic E-state index is 5.31. The van der Waals surface area contributed by atoms with E-state index >= 15 is 0 Å². The van der Waals surface area contributed by atoms with E-state index < -0.39 is 0 Å². The number of aromatic nitrogens is 3. The Kier molecular flexibility index (Phi) is 4.86. The van der Waals surface area contributed by atoms with E-state index in [-0.39, 0.29) is 0 Å². The Balaban J connectivity index is 1.83. The van der Waals surface area contributed by atoms with Crippen molar-refractivity contribution >= 4 is 16.8 Å². The summed E-state index contributed by atoms with van der Waals surface area (Å²) in [6, 6.07) is 16.6. The van der Waals surface area contributed by atoms with Crippen molar-refractivity contribution in [2.24, 2.45) is 0 Å². The number of hydrogen-bond acceptors (Lipinski definition) is 3. The minimum atomic E-state index is 0.871. The first-order valence-corrected chi connectivity index (χ1v) is 9.58. The Bertz CT molecular complexity index is 1040. The number of ether oxygens (including phenoxy) is 1. The number of benzene rings is 2. The Labute approximate surface area is 159 Å². The number of hydrogen-bond donors (Lipinski definition) is 0. The summed E-state index contributed by atoms with van der Waals surface area (Å²) in [5, 5.41) is 0. The predicted molar refractivity (Wildman–Crippen MR) is 110 cm³/mol. The molecule has 0 N–H and O–H groups in total. The fourth-order valence-corrected chi connectivity index (χ4v) is 3.64. The average Bonchev–Trinajstić information content (AvgIpc) is 3.25. The molecular weight excluding hydrogens is 336 g/mol. The van der Waals surface area contributed by atoms with Crippen molar-refractivity contribution in [1.29, 1.82) is 0 Å². The van der Waals surface area contributed by atoms with Gasteiger partial charge in [-0.25, -0.2) is 4.98 Å².